The van der Waals surface area contributed by atoms with E-state index in [0.29, 0.717) is 0 Å². The van der Waals surface area contributed by atoms with E-state index in [4.69, 9.17) is 0 Å². The van der Waals surface area contributed by atoms with Crippen molar-refractivity contribution in [1.29, 1.82) is 0 Å². The maximum atomic E-state index is 3.63. The Morgan fingerprint density at radius 1 is 0.636 bits per heavy atom. The molecule has 0 amide bonds. The summed E-state index contributed by atoms with van der Waals surface area (Å²) in [5.41, 5.74) is 0. The first-order valence-electron chi connectivity index (χ1n) is 7.24. The van der Waals surface area contributed by atoms with Gasteiger partial charge in [-0.25, -0.2) is 0 Å². The van der Waals surface area contributed by atoms with Gasteiger partial charge in [0.25, 0.3) is 0 Å². The molecule has 104 valence electrons. The summed E-state index contributed by atoms with van der Waals surface area (Å²) in [6.07, 6.45) is 0. The fraction of sp³-hybridized carbons (Fsp3) is 0. The number of benzene rings is 4. The van der Waals surface area contributed by atoms with Crippen LogP contribution in [0, 0.1) is 0 Å². The molecule has 0 spiro atoms. The third-order valence-corrected chi connectivity index (χ3v) is 6.01. The Bertz CT molecular complexity index is 1180. The first kappa shape index (κ1) is 12.6. The Kier molecular flexibility index (Phi) is 2.61. The minimum absolute atomic E-state index is 1.13. The molecule has 0 bridgehead atoms. The Hall–Kier alpha value is -1.90. The summed E-state index contributed by atoms with van der Waals surface area (Å²) in [6, 6.07) is 24.1. The predicted molar refractivity (Wildman–Crippen MR) is 102 cm³/mol. The SMILES string of the molecule is Brc1ccc2c(c1)c1ccccc1c1sc3ccccc3c21. The first-order chi connectivity index (χ1) is 10.8. The molecule has 22 heavy (non-hydrogen) atoms. The fourth-order valence-corrected chi connectivity index (χ4v) is 4.99. The normalized spacial score (nSPS) is 11.9. The molecule has 0 nitrogen and oxygen atoms in total. The minimum Gasteiger partial charge on any atom is -0.135 e. The molecule has 0 unspecified atom stereocenters. The van der Waals surface area contributed by atoms with Gasteiger partial charge < -0.3 is 0 Å². The molecule has 5 aromatic rings. The summed E-state index contributed by atoms with van der Waals surface area (Å²) in [4.78, 5) is 0. The zero-order valence-corrected chi connectivity index (χ0v) is 14.0. The Labute approximate surface area is 140 Å². The van der Waals surface area contributed by atoms with Gasteiger partial charge in [0.1, 0.15) is 0 Å². The van der Waals surface area contributed by atoms with Crippen LogP contribution in [0.15, 0.2) is 71.2 Å². The van der Waals surface area contributed by atoms with Gasteiger partial charge in [0.05, 0.1) is 0 Å². The molecule has 0 aliphatic carbocycles. The maximum absolute atomic E-state index is 3.63. The van der Waals surface area contributed by atoms with Gasteiger partial charge in [0, 0.05) is 30.0 Å². The fourth-order valence-electron chi connectivity index (χ4n) is 3.38. The van der Waals surface area contributed by atoms with Crippen molar-refractivity contribution in [2.75, 3.05) is 0 Å². The van der Waals surface area contributed by atoms with Crippen LogP contribution < -0.4 is 0 Å². The summed E-state index contributed by atoms with van der Waals surface area (Å²) in [5, 5.41) is 8.10. The van der Waals surface area contributed by atoms with Crippen molar-refractivity contribution in [3.05, 3.63) is 71.2 Å². The van der Waals surface area contributed by atoms with Crippen LogP contribution in [0.3, 0.4) is 0 Å². The van der Waals surface area contributed by atoms with Crippen molar-refractivity contribution in [1.82, 2.24) is 0 Å². The van der Waals surface area contributed by atoms with Gasteiger partial charge in [-0.1, -0.05) is 64.5 Å². The van der Waals surface area contributed by atoms with Crippen LogP contribution in [0.2, 0.25) is 0 Å². The van der Waals surface area contributed by atoms with E-state index < -0.39 is 0 Å². The van der Waals surface area contributed by atoms with E-state index in [1.807, 2.05) is 11.3 Å². The number of hydrogen-bond donors (Lipinski definition) is 0. The summed E-state index contributed by atoms with van der Waals surface area (Å²) in [7, 11) is 0. The molecule has 0 radical (unpaired) electrons. The molecule has 0 atom stereocenters. The van der Waals surface area contributed by atoms with Crippen LogP contribution >= 0.6 is 27.3 Å². The second kappa shape index (κ2) is 4.55. The Morgan fingerprint density at radius 2 is 1.36 bits per heavy atom. The zero-order valence-electron chi connectivity index (χ0n) is 11.6. The average molecular weight is 363 g/mol. The highest BCUT2D eigenvalue weighted by Gasteiger charge is 2.13. The van der Waals surface area contributed by atoms with Gasteiger partial charge in [0.15, 0.2) is 0 Å². The molecule has 0 aliphatic heterocycles. The maximum Gasteiger partial charge on any atom is 0.0440 e. The van der Waals surface area contributed by atoms with Crippen LogP contribution in [-0.2, 0) is 0 Å². The molecule has 0 saturated carbocycles. The van der Waals surface area contributed by atoms with Gasteiger partial charge in [-0.2, -0.15) is 0 Å². The second-order valence-corrected chi connectivity index (χ2v) is 7.51. The van der Waals surface area contributed by atoms with Crippen LogP contribution in [0.5, 0.6) is 0 Å². The van der Waals surface area contributed by atoms with Crippen molar-refractivity contribution in [2.24, 2.45) is 0 Å². The summed E-state index contributed by atoms with van der Waals surface area (Å²) < 4.78 is 3.88. The first-order valence-corrected chi connectivity index (χ1v) is 8.85. The van der Waals surface area contributed by atoms with E-state index in [-0.39, 0.29) is 0 Å². The van der Waals surface area contributed by atoms with Gasteiger partial charge in [-0.05, 0) is 34.4 Å². The average Bonchev–Trinajstić information content (AvgIpc) is 2.95. The third kappa shape index (κ3) is 1.62. The van der Waals surface area contributed by atoms with Gasteiger partial charge in [0.2, 0.25) is 0 Å². The van der Waals surface area contributed by atoms with E-state index in [2.05, 4.69) is 82.7 Å². The van der Waals surface area contributed by atoms with Crippen molar-refractivity contribution in [3.8, 4) is 0 Å². The standard InChI is InChI=1S/C20H11BrS/c21-12-9-10-14-17(11-12)13-5-1-2-6-15(13)20-19(14)16-7-3-4-8-18(16)22-20/h1-11H. The number of rotatable bonds is 0. The zero-order chi connectivity index (χ0) is 14.7. The molecule has 0 N–H and O–H groups in total. The highest BCUT2D eigenvalue weighted by atomic mass is 79.9. The number of halogens is 1. The second-order valence-electron chi connectivity index (χ2n) is 5.54. The predicted octanol–water partition coefficient (Wildman–Crippen LogP) is 7.12. The largest absolute Gasteiger partial charge is 0.135 e. The van der Waals surface area contributed by atoms with E-state index in [1.165, 1.54) is 41.7 Å². The molecule has 1 heterocycles. The third-order valence-electron chi connectivity index (χ3n) is 4.31. The Morgan fingerprint density at radius 3 is 2.23 bits per heavy atom. The van der Waals surface area contributed by atoms with E-state index >= 15 is 0 Å². The lowest BCUT2D eigenvalue weighted by atomic mass is 9.97. The highest BCUT2D eigenvalue weighted by molar-refractivity contribution is 9.10. The van der Waals surface area contributed by atoms with Gasteiger partial charge >= 0.3 is 0 Å². The Balaban J connectivity index is 2.23. The molecule has 0 saturated heterocycles. The van der Waals surface area contributed by atoms with Crippen molar-refractivity contribution >= 4 is 69.0 Å². The number of hydrogen-bond acceptors (Lipinski definition) is 1. The smallest absolute Gasteiger partial charge is 0.0440 e. The van der Waals surface area contributed by atoms with Crippen molar-refractivity contribution in [2.45, 2.75) is 0 Å². The highest BCUT2D eigenvalue weighted by Crippen LogP contribution is 2.44. The van der Waals surface area contributed by atoms with Gasteiger partial charge in [-0.15, -0.1) is 11.3 Å². The number of thiophene rings is 1. The van der Waals surface area contributed by atoms with Crippen molar-refractivity contribution in [3.63, 3.8) is 0 Å². The van der Waals surface area contributed by atoms with Crippen LogP contribution in [0.25, 0.3) is 41.7 Å². The van der Waals surface area contributed by atoms with Crippen molar-refractivity contribution < 1.29 is 0 Å². The monoisotopic (exact) mass is 362 g/mol. The summed E-state index contributed by atoms with van der Waals surface area (Å²) in [5.74, 6) is 0. The van der Waals surface area contributed by atoms with E-state index in [0.717, 1.165) is 4.47 Å². The summed E-state index contributed by atoms with van der Waals surface area (Å²) >= 11 is 5.52. The van der Waals surface area contributed by atoms with Crippen LogP contribution in [0.1, 0.15) is 0 Å². The number of fused-ring (bicyclic) bond motifs is 8. The van der Waals surface area contributed by atoms with E-state index in [9.17, 15) is 0 Å². The quantitative estimate of drug-likeness (QED) is 0.257. The minimum atomic E-state index is 1.13. The lowest BCUT2D eigenvalue weighted by Crippen LogP contribution is -1.80. The van der Waals surface area contributed by atoms with Crippen LogP contribution in [-0.4, -0.2) is 0 Å². The molecule has 2 heteroatoms. The molecule has 5 rings (SSSR count). The summed E-state index contributed by atoms with van der Waals surface area (Å²) in [6.45, 7) is 0. The molecular weight excluding hydrogens is 352 g/mol. The molecule has 0 fully saturated rings. The van der Waals surface area contributed by atoms with E-state index in [1.54, 1.807) is 0 Å². The topological polar surface area (TPSA) is 0 Å². The molecule has 4 aromatic carbocycles. The molecule has 1 aromatic heterocycles. The van der Waals surface area contributed by atoms with Gasteiger partial charge in [-0.3, -0.25) is 0 Å². The molecular formula is C20H11BrS. The lowest BCUT2D eigenvalue weighted by Gasteiger charge is -2.07. The molecule has 0 aliphatic rings. The van der Waals surface area contributed by atoms with Crippen LogP contribution in [0.4, 0.5) is 0 Å². The lowest BCUT2D eigenvalue weighted by molar-refractivity contribution is 1.75.